The summed E-state index contributed by atoms with van der Waals surface area (Å²) < 4.78 is 0.818. The predicted octanol–water partition coefficient (Wildman–Crippen LogP) is 3.38. The van der Waals surface area contributed by atoms with Crippen molar-refractivity contribution in [1.29, 1.82) is 0 Å². The third-order valence-corrected chi connectivity index (χ3v) is 6.70. The van der Waals surface area contributed by atoms with E-state index in [2.05, 4.69) is 34.7 Å². The average molecular weight is 434 g/mol. The third-order valence-electron chi connectivity index (χ3n) is 4.51. The van der Waals surface area contributed by atoms with E-state index in [0.29, 0.717) is 28.3 Å². The van der Waals surface area contributed by atoms with E-state index in [4.69, 9.17) is 0 Å². The fourth-order valence-electron chi connectivity index (χ4n) is 2.83. The number of benzene rings is 1. The maximum Gasteiger partial charge on any atom is 0.231 e. The lowest BCUT2D eigenvalue weighted by molar-refractivity contribution is -0.122. The quantitative estimate of drug-likeness (QED) is 0.512. The molecule has 3 amide bonds. The second-order valence-corrected chi connectivity index (χ2v) is 9.50. The highest BCUT2D eigenvalue weighted by molar-refractivity contribution is 8.01. The summed E-state index contributed by atoms with van der Waals surface area (Å²) in [4.78, 5) is 37.7. The molecule has 2 aromatic rings. The summed E-state index contributed by atoms with van der Waals surface area (Å²) in [6.45, 7) is 5.96. The van der Waals surface area contributed by atoms with Crippen molar-refractivity contribution in [1.82, 2.24) is 10.2 Å². The van der Waals surface area contributed by atoms with E-state index in [1.54, 1.807) is 40.9 Å². The Bertz CT molecular complexity index is 900. The number of aromatic nitrogens is 2. The second kappa shape index (κ2) is 9.36. The van der Waals surface area contributed by atoms with Crippen molar-refractivity contribution in [3.05, 3.63) is 24.3 Å². The molecule has 1 aromatic heterocycles. The van der Waals surface area contributed by atoms with E-state index in [-0.39, 0.29) is 24.1 Å². The third kappa shape index (κ3) is 5.54. The van der Waals surface area contributed by atoms with Crippen LogP contribution in [0, 0.1) is 5.92 Å². The summed E-state index contributed by atoms with van der Waals surface area (Å²) >= 11 is 2.98. The van der Waals surface area contributed by atoms with Crippen molar-refractivity contribution < 1.29 is 14.4 Å². The molecule has 0 spiro atoms. The molecule has 10 heteroatoms. The molecule has 1 saturated heterocycles. The number of rotatable bonds is 7. The number of hydrogen-bond acceptors (Lipinski definition) is 7. The number of carbonyl (C=O) groups excluding carboxylic acids is 3. The zero-order valence-electron chi connectivity index (χ0n) is 16.5. The van der Waals surface area contributed by atoms with E-state index in [0.717, 1.165) is 10.8 Å². The Morgan fingerprint density at radius 1 is 1.28 bits per heavy atom. The zero-order valence-corrected chi connectivity index (χ0v) is 18.1. The van der Waals surface area contributed by atoms with Crippen molar-refractivity contribution >= 4 is 57.3 Å². The Hall–Kier alpha value is -2.46. The van der Waals surface area contributed by atoms with Crippen LogP contribution in [-0.4, -0.2) is 39.7 Å². The molecule has 1 aromatic carbocycles. The summed E-state index contributed by atoms with van der Waals surface area (Å²) in [5.41, 5.74) is 1.35. The minimum Gasteiger partial charge on any atom is -0.326 e. The number of amides is 3. The van der Waals surface area contributed by atoms with Gasteiger partial charge in [0, 0.05) is 36.5 Å². The molecule has 29 heavy (non-hydrogen) atoms. The standard InChI is InChI=1S/C19H23N5O3S2/c1-4-11(2)28-19-23-22-18(29-19)21-17(27)13-9-16(26)24(10-13)15-7-5-14(6-8-15)20-12(3)25/h5-8,11,13H,4,9-10H2,1-3H3,(H,20,25)(H,21,22,27). The van der Waals surface area contributed by atoms with Gasteiger partial charge in [-0.15, -0.1) is 10.2 Å². The van der Waals surface area contributed by atoms with Gasteiger partial charge in [-0.1, -0.05) is 36.9 Å². The largest absolute Gasteiger partial charge is 0.326 e. The number of nitrogens with one attached hydrogen (secondary N) is 2. The van der Waals surface area contributed by atoms with Crippen LogP contribution >= 0.6 is 23.1 Å². The van der Waals surface area contributed by atoms with Gasteiger partial charge in [-0.05, 0) is 30.7 Å². The van der Waals surface area contributed by atoms with Crippen molar-refractivity contribution in [3.8, 4) is 0 Å². The fourth-order valence-corrected chi connectivity index (χ4v) is 4.83. The average Bonchev–Trinajstić information content (AvgIpc) is 3.28. The van der Waals surface area contributed by atoms with Crippen molar-refractivity contribution in [3.63, 3.8) is 0 Å². The Morgan fingerprint density at radius 2 is 2.00 bits per heavy atom. The van der Waals surface area contributed by atoms with Gasteiger partial charge in [0.1, 0.15) is 0 Å². The topological polar surface area (TPSA) is 104 Å². The maximum absolute atomic E-state index is 12.6. The Morgan fingerprint density at radius 3 is 2.66 bits per heavy atom. The first-order valence-corrected chi connectivity index (χ1v) is 11.0. The molecule has 2 N–H and O–H groups in total. The number of anilines is 3. The number of hydrogen-bond donors (Lipinski definition) is 2. The van der Waals surface area contributed by atoms with Crippen LogP contribution in [-0.2, 0) is 14.4 Å². The van der Waals surface area contributed by atoms with E-state index < -0.39 is 5.92 Å². The normalized spacial score (nSPS) is 17.3. The molecule has 0 saturated carbocycles. The summed E-state index contributed by atoms with van der Waals surface area (Å²) in [6, 6.07) is 6.98. The molecular formula is C19H23N5O3S2. The highest BCUT2D eigenvalue weighted by Gasteiger charge is 2.35. The number of thioether (sulfide) groups is 1. The van der Waals surface area contributed by atoms with Crippen molar-refractivity contribution in [2.45, 2.75) is 43.2 Å². The molecular weight excluding hydrogens is 410 g/mol. The van der Waals surface area contributed by atoms with Gasteiger partial charge in [0.25, 0.3) is 0 Å². The minimum atomic E-state index is -0.452. The molecule has 8 nitrogen and oxygen atoms in total. The lowest BCUT2D eigenvalue weighted by atomic mass is 10.1. The SMILES string of the molecule is CCC(C)Sc1nnc(NC(=O)C2CC(=O)N(c3ccc(NC(C)=O)cc3)C2)s1. The summed E-state index contributed by atoms with van der Waals surface area (Å²) in [6.07, 6.45) is 1.17. The molecule has 0 aliphatic carbocycles. The Labute approximate surface area is 177 Å². The first-order valence-electron chi connectivity index (χ1n) is 9.34. The lowest BCUT2D eigenvalue weighted by Crippen LogP contribution is -2.28. The highest BCUT2D eigenvalue weighted by Crippen LogP contribution is 2.31. The van der Waals surface area contributed by atoms with Crippen LogP contribution in [0.15, 0.2) is 28.6 Å². The van der Waals surface area contributed by atoms with Gasteiger partial charge < -0.3 is 15.5 Å². The second-order valence-electron chi connectivity index (χ2n) is 6.83. The molecule has 2 atom stereocenters. The molecule has 2 heterocycles. The van der Waals surface area contributed by atoms with E-state index in [1.807, 2.05) is 0 Å². The van der Waals surface area contributed by atoms with Crippen LogP contribution in [0.25, 0.3) is 0 Å². The molecule has 1 aliphatic heterocycles. The summed E-state index contributed by atoms with van der Waals surface area (Å²) in [5, 5.41) is 14.5. The van der Waals surface area contributed by atoms with Gasteiger partial charge in [0.05, 0.1) is 5.92 Å². The summed E-state index contributed by atoms with van der Waals surface area (Å²) in [7, 11) is 0. The van der Waals surface area contributed by atoms with Gasteiger partial charge in [-0.3, -0.25) is 14.4 Å². The van der Waals surface area contributed by atoms with Crippen LogP contribution in [0.2, 0.25) is 0 Å². The zero-order chi connectivity index (χ0) is 21.0. The van der Waals surface area contributed by atoms with Gasteiger partial charge in [-0.2, -0.15) is 0 Å². The number of carbonyl (C=O) groups is 3. The van der Waals surface area contributed by atoms with Crippen LogP contribution in [0.3, 0.4) is 0 Å². The molecule has 1 aliphatic rings. The Kier molecular flexibility index (Phi) is 6.86. The molecule has 2 unspecified atom stereocenters. The van der Waals surface area contributed by atoms with E-state index >= 15 is 0 Å². The molecule has 154 valence electrons. The smallest absolute Gasteiger partial charge is 0.231 e. The van der Waals surface area contributed by atoms with Gasteiger partial charge >= 0.3 is 0 Å². The van der Waals surface area contributed by atoms with Crippen LogP contribution in [0.5, 0.6) is 0 Å². The Balaban J connectivity index is 1.59. The van der Waals surface area contributed by atoms with E-state index in [1.165, 1.54) is 18.3 Å². The van der Waals surface area contributed by atoms with Crippen molar-refractivity contribution in [2.75, 3.05) is 22.1 Å². The lowest BCUT2D eigenvalue weighted by Gasteiger charge is -2.17. The molecule has 1 fully saturated rings. The predicted molar refractivity (Wildman–Crippen MR) is 115 cm³/mol. The van der Waals surface area contributed by atoms with Gasteiger partial charge in [0.15, 0.2) is 4.34 Å². The maximum atomic E-state index is 12.6. The molecule has 0 radical (unpaired) electrons. The highest BCUT2D eigenvalue weighted by atomic mass is 32.2. The first-order chi connectivity index (χ1) is 13.9. The van der Waals surface area contributed by atoms with E-state index in [9.17, 15) is 14.4 Å². The molecule has 3 rings (SSSR count). The van der Waals surface area contributed by atoms with Crippen LogP contribution < -0.4 is 15.5 Å². The van der Waals surface area contributed by atoms with Crippen LogP contribution in [0.1, 0.15) is 33.6 Å². The van der Waals surface area contributed by atoms with Crippen molar-refractivity contribution in [2.24, 2.45) is 5.92 Å². The monoisotopic (exact) mass is 433 g/mol. The van der Waals surface area contributed by atoms with Gasteiger partial charge in [0.2, 0.25) is 22.9 Å². The minimum absolute atomic E-state index is 0.109. The summed E-state index contributed by atoms with van der Waals surface area (Å²) in [5.74, 6) is -0.948. The van der Waals surface area contributed by atoms with Gasteiger partial charge in [-0.25, -0.2) is 0 Å². The van der Waals surface area contributed by atoms with Crippen LogP contribution in [0.4, 0.5) is 16.5 Å². The first kappa shape index (κ1) is 21.3. The fraction of sp³-hybridized carbons (Fsp3) is 0.421. The number of nitrogens with zero attached hydrogens (tertiary/aromatic N) is 3. The molecule has 0 bridgehead atoms.